The lowest BCUT2D eigenvalue weighted by atomic mass is 9.93. The fourth-order valence-corrected chi connectivity index (χ4v) is 3.42. The summed E-state index contributed by atoms with van der Waals surface area (Å²) in [7, 11) is 3.39. The molecule has 0 atom stereocenters. The van der Waals surface area contributed by atoms with Crippen molar-refractivity contribution in [2.45, 2.75) is 39.5 Å². The van der Waals surface area contributed by atoms with Gasteiger partial charge in [0.05, 0.1) is 24.4 Å². The Morgan fingerprint density at radius 2 is 2.04 bits per heavy atom. The van der Waals surface area contributed by atoms with Gasteiger partial charge in [-0.3, -0.25) is 4.99 Å². The Labute approximate surface area is 166 Å². The third-order valence-corrected chi connectivity index (χ3v) is 4.81. The van der Waals surface area contributed by atoms with Crippen LogP contribution in [0.25, 0.3) is 0 Å². The molecule has 6 nitrogen and oxygen atoms in total. The lowest BCUT2D eigenvalue weighted by Gasteiger charge is -2.15. The lowest BCUT2D eigenvalue weighted by Crippen LogP contribution is -2.32. The van der Waals surface area contributed by atoms with Crippen LogP contribution in [0, 0.1) is 0 Å². The van der Waals surface area contributed by atoms with Crippen molar-refractivity contribution in [2.75, 3.05) is 32.6 Å². The molecule has 0 fully saturated rings. The minimum atomic E-state index is 0.0897. The molecule has 2 aromatic rings. The van der Waals surface area contributed by atoms with Crippen LogP contribution in [0.3, 0.4) is 0 Å². The molecule has 0 saturated heterocycles. The summed E-state index contributed by atoms with van der Waals surface area (Å²) in [6, 6.07) is 5.72. The molecule has 0 unspecified atom stereocenters. The van der Waals surface area contributed by atoms with E-state index in [1.165, 1.54) is 0 Å². The molecule has 7 heteroatoms. The zero-order chi connectivity index (χ0) is 19.9. The second-order valence-corrected chi connectivity index (χ2v) is 7.99. The Kier molecular flexibility index (Phi) is 7.47. The predicted molar refractivity (Wildman–Crippen MR) is 114 cm³/mol. The van der Waals surface area contributed by atoms with Crippen molar-refractivity contribution in [1.82, 2.24) is 10.3 Å². The second kappa shape index (κ2) is 9.60. The van der Waals surface area contributed by atoms with Crippen LogP contribution in [-0.2, 0) is 11.8 Å². The topological polar surface area (TPSA) is 67.8 Å². The summed E-state index contributed by atoms with van der Waals surface area (Å²) in [4.78, 5) is 9.01. The number of hydrogen-bond donors (Lipinski definition) is 2. The molecule has 1 heterocycles. The van der Waals surface area contributed by atoms with Crippen LogP contribution in [-0.4, -0.2) is 38.3 Å². The minimum absolute atomic E-state index is 0.0897. The molecule has 0 spiro atoms. The smallest absolute Gasteiger partial charge is 0.195 e. The highest BCUT2D eigenvalue weighted by Gasteiger charge is 2.17. The van der Waals surface area contributed by atoms with Crippen LogP contribution < -0.4 is 20.1 Å². The second-order valence-electron chi connectivity index (χ2n) is 7.05. The number of aliphatic imine (C=N–C) groups is 1. The van der Waals surface area contributed by atoms with E-state index in [4.69, 9.17) is 14.5 Å². The van der Waals surface area contributed by atoms with Crippen molar-refractivity contribution in [3.05, 3.63) is 34.3 Å². The number of benzene rings is 1. The first-order valence-electron chi connectivity index (χ1n) is 9.10. The molecule has 1 aromatic carbocycles. The summed E-state index contributed by atoms with van der Waals surface area (Å²) in [6.45, 7) is 9.83. The zero-order valence-corrected chi connectivity index (χ0v) is 17.9. The van der Waals surface area contributed by atoms with Crippen molar-refractivity contribution in [1.29, 1.82) is 0 Å². The number of thiazole rings is 1. The standard InChI is InChI=1S/C20H30N4O2S/c1-7-26-16-12-14(8-9-15(16)25-6)23-19(21-5)22-11-10-18-24-17(13-27-18)20(2,3)4/h8-9,12-13H,7,10-11H2,1-6H3,(H2,21,22,23). The van der Waals surface area contributed by atoms with E-state index < -0.39 is 0 Å². The number of anilines is 1. The molecule has 0 aliphatic heterocycles. The van der Waals surface area contributed by atoms with Gasteiger partial charge in [0.15, 0.2) is 17.5 Å². The van der Waals surface area contributed by atoms with E-state index in [1.54, 1.807) is 25.5 Å². The van der Waals surface area contributed by atoms with E-state index in [9.17, 15) is 0 Å². The predicted octanol–water partition coefficient (Wildman–Crippen LogP) is 4.08. The van der Waals surface area contributed by atoms with Gasteiger partial charge in [0.1, 0.15) is 0 Å². The first-order chi connectivity index (χ1) is 12.9. The summed E-state index contributed by atoms with van der Waals surface area (Å²) in [5.74, 6) is 2.12. The average molecular weight is 391 g/mol. The van der Waals surface area contributed by atoms with Gasteiger partial charge in [-0.2, -0.15) is 0 Å². The van der Waals surface area contributed by atoms with Gasteiger partial charge in [-0.15, -0.1) is 11.3 Å². The molecule has 2 N–H and O–H groups in total. The highest BCUT2D eigenvalue weighted by molar-refractivity contribution is 7.09. The van der Waals surface area contributed by atoms with Crippen LogP contribution >= 0.6 is 11.3 Å². The molecule has 148 valence electrons. The normalized spacial score (nSPS) is 12.0. The van der Waals surface area contributed by atoms with Crippen molar-refractivity contribution in [3.63, 3.8) is 0 Å². The fraction of sp³-hybridized carbons (Fsp3) is 0.500. The first-order valence-corrected chi connectivity index (χ1v) is 9.98. The van der Waals surface area contributed by atoms with Crippen LogP contribution in [0.2, 0.25) is 0 Å². The van der Waals surface area contributed by atoms with Crippen molar-refractivity contribution in [2.24, 2.45) is 4.99 Å². The lowest BCUT2D eigenvalue weighted by molar-refractivity contribution is 0.311. The maximum absolute atomic E-state index is 5.62. The Balaban J connectivity index is 1.92. The highest BCUT2D eigenvalue weighted by atomic mass is 32.1. The van der Waals surface area contributed by atoms with E-state index in [1.807, 2.05) is 25.1 Å². The number of nitrogens with zero attached hydrogens (tertiary/aromatic N) is 2. The Bertz CT molecular complexity index is 766. The molecule has 0 aliphatic carbocycles. The average Bonchev–Trinajstić information content (AvgIpc) is 3.11. The summed E-state index contributed by atoms with van der Waals surface area (Å²) in [5.41, 5.74) is 2.12. The quantitative estimate of drug-likeness (QED) is 0.551. The number of methoxy groups -OCH3 is 1. The van der Waals surface area contributed by atoms with Crippen LogP contribution in [0.15, 0.2) is 28.6 Å². The van der Waals surface area contributed by atoms with Gasteiger partial charge < -0.3 is 20.1 Å². The number of aromatic nitrogens is 1. The largest absolute Gasteiger partial charge is 0.493 e. The van der Waals surface area contributed by atoms with E-state index in [0.717, 1.165) is 29.4 Å². The van der Waals surface area contributed by atoms with Gasteiger partial charge >= 0.3 is 0 Å². The third kappa shape index (κ3) is 6.13. The fourth-order valence-electron chi connectivity index (χ4n) is 2.40. The van der Waals surface area contributed by atoms with Gasteiger partial charge in [-0.05, 0) is 19.1 Å². The summed E-state index contributed by atoms with van der Waals surface area (Å²) < 4.78 is 10.9. The molecule has 1 aromatic heterocycles. The van der Waals surface area contributed by atoms with E-state index >= 15 is 0 Å². The summed E-state index contributed by atoms with van der Waals surface area (Å²) in [6.07, 6.45) is 0.855. The Hall–Kier alpha value is -2.28. The van der Waals surface area contributed by atoms with Crippen LogP contribution in [0.4, 0.5) is 5.69 Å². The Morgan fingerprint density at radius 3 is 2.63 bits per heavy atom. The van der Waals surface area contributed by atoms with Crippen molar-refractivity contribution < 1.29 is 9.47 Å². The third-order valence-electron chi connectivity index (χ3n) is 3.90. The number of ether oxygens (including phenoxy) is 2. The number of guanidine groups is 1. The molecular weight excluding hydrogens is 360 g/mol. The Morgan fingerprint density at radius 1 is 1.26 bits per heavy atom. The van der Waals surface area contributed by atoms with Crippen molar-refractivity contribution >= 4 is 23.0 Å². The van der Waals surface area contributed by atoms with Crippen LogP contribution in [0.1, 0.15) is 38.4 Å². The van der Waals surface area contributed by atoms with Crippen LogP contribution in [0.5, 0.6) is 11.5 Å². The first kappa shape index (κ1) is 21.0. The molecule has 0 bridgehead atoms. The van der Waals surface area contributed by atoms with Crippen molar-refractivity contribution in [3.8, 4) is 11.5 Å². The molecular formula is C20H30N4O2S. The monoisotopic (exact) mass is 390 g/mol. The maximum atomic E-state index is 5.62. The van der Waals surface area contributed by atoms with Gasteiger partial charge in [-0.25, -0.2) is 4.98 Å². The van der Waals surface area contributed by atoms with E-state index in [-0.39, 0.29) is 5.41 Å². The highest BCUT2D eigenvalue weighted by Crippen LogP contribution is 2.30. The van der Waals surface area contributed by atoms with E-state index in [2.05, 4.69) is 41.8 Å². The SMILES string of the molecule is CCOc1cc(NC(=NC)NCCc2nc(C(C)(C)C)cs2)ccc1OC. The molecule has 0 radical (unpaired) electrons. The molecule has 0 aliphatic rings. The molecule has 0 amide bonds. The minimum Gasteiger partial charge on any atom is -0.493 e. The number of hydrogen-bond acceptors (Lipinski definition) is 5. The van der Waals surface area contributed by atoms with Gasteiger partial charge in [0.2, 0.25) is 0 Å². The summed E-state index contributed by atoms with van der Waals surface area (Å²) >= 11 is 1.71. The zero-order valence-electron chi connectivity index (χ0n) is 17.0. The maximum Gasteiger partial charge on any atom is 0.195 e. The molecule has 2 rings (SSSR count). The molecule has 27 heavy (non-hydrogen) atoms. The number of nitrogens with one attached hydrogen (secondary N) is 2. The van der Waals surface area contributed by atoms with Gasteiger partial charge in [-0.1, -0.05) is 20.8 Å². The number of rotatable bonds is 7. The summed E-state index contributed by atoms with van der Waals surface area (Å²) in [5, 5.41) is 9.89. The van der Waals surface area contributed by atoms with Gasteiger partial charge in [0, 0.05) is 42.6 Å². The van der Waals surface area contributed by atoms with E-state index in [0.29, 0.717) is 24.1 Å². The van der Waals surface area contributed by atoms with Gasteiger partial charge in [0.25, 0.3) is 0 Å². The molecule has 0 saturated carbocycles.